The summed E-state index contributed by atoms with van der Waals surface area (Å²) in [6.45, 7) is 0.588. The van der Waals surface area contributed by atoms with E-state index in [1.54, 1.807) is 0 Å². The highest BCUT2D eigenvalue weighted by molar-refractivity contribution is 6.30. The number of hydrogen-bond donors (Lipinski definition) is 0. The van der Waals surface area contributed by atoms with E-state index in [-0.39, 0.29) is 28.5 Å². The Hall–Kier alpha value is -1.31. The van der Waals surface area contributed by atoms with Crippen LogP contribution in [0.3, 0.4) is 0 Å². The quantitative estimate of drug-likeness (QED) is 0.600. The Morgan fingerprint density at radius 3 is 2.17 bits per heavy atom. The number of alkyl halides is 6. The third-order valence-electron chi connectivity index (χ3n) is 3.07. The first-order valence-electron chi connectivity index (χ1n) is 6.63. The molecule has 0 aliphatic carbocycles. The van der Waals surface area contributed by atoms with Gasteiger partial charge >= 0.3 is 12.4 Å². The summed E-state index contributed by atoms with van der Waals surface area (Å²) in [6, 6.07) is 2.21. The summed E-state index contributed by atoms with van der Waals surface area (Å²) in [6.07, 6.45) is -10.5. The summed E-state index contributed by atoms with van der Waals surface area (Å²) in [5, 5.41) is -0.0782. The second kappa shape index (κ2) is 7.51. The molecule has 0 aromatic heterocycles. The molecular weight excluding hydrogens is 350 g/mol. The Kier molecular flexibility index (Phi) is 6.44. The maximum atomic E-state index is 13.1. The van der Waals surface area contributed by atoms with Crippen molar-refractivity contribution in [2.75, 3.05) is 13.7 Å². The van der Waals surface area contributed by atoms with Crippen LogP contribution in [0.1, 0.15) is 31.2 Å². The summed E-state index contributed by atoms with van der Waals surface area (Å²) >= 11 is 5.77. The number of ether oxygens (including phenoxy) is 2. The number of benzene rings is 1. The Morgan fingerprint density at radius 2 is 1.74 bits per heavy atom. The van der Waals surface area contributed by atoms with Gasteiger partial charge in [0.25, 0.3) is 0 Å². The van der Waals surface area contributed by atoms with Gasteiger partial charge in [-0.15, -0.1) is 0 Å². The van der Waals surface area contributed by atoms with Crippen molar-refractivity contribution in [1.82, 2.24) is 0 Å². The summed E-state index contributed by atoms with van der Waals surface area (Å²) in [5.41, 5.74) is -0.267. The number of methoxy groups -OCH3 is 1. The van der Waals surface area contributed by atoms with Gasteiger partial charge in [-0.05, 0) is 12.5 Å². The van der Waals surface area contributed by atoms with Crippen LogP contribution in [-0.2, 0) is 0 Å². The van der Waals surface area contributed by atoms with Crippen molar-refractivity contribution in [2.45, 2.75) is 38.0 Å². The van der Waals surface area contributed by atoms with Crippen LogP contribution in [0.5, 0.6) is 11.5 Å². The minimum absolute atomic E-state index is 0.0782. The predicted molar refractivity (Wildman–Crippen MR) is 73.3 cm³/mol. The number of halogens is 7. The standard InChI is InChI=1S/C14H15ClF6O2/c1-3-10(14(19,20)21)9-6-8(15)7-11(12(9)22-2)23-5-4-13(16,17)18/h6-7,10H,3-5H2,1-2H3. The van der Waals surface area contributed by atoms with Crippen molar-refractivity contribution in [2.24, 2.45) is 0 Å². The van der Waals surface area contributed by atoms with Crippen LogP contribution in [0.25, 0.3) is 0 Å². The molecule has 0 amide bonds. The lowest BCUT2D eigenvalue weighted by molar-refractivity contribution is -0.151. The fourth-order valence-electron chi connectivity index (χ4n) is 2.08. The van der Waals surface area contributed by atoms with Crippen LogP contribution in [-0.4, -0.2) is 26.1 Å². The lowest BCUT2D eigenvalue weighted by Gasteiger charge is -2.23. The van der Waals surface area contributed by atoms with Crippen molar-refractivity contribution < 1.29 is 35.8 Å². The van der Waals surface area contributed by atoms with Crippen LogP contribution >= 0.6 is 11.6 Å². The lowest BCUT2D eigenvalue weighted by Crippen LogP contribution is -2.21. The fraction of sp³-hybridized carbons (Fsp3) is 0.571. The predicted octanol–water partition coefficient (Wildman–Crippen LogP) is 5.74. The third-order valence-corrected chi connectivity index (χ3v) is 3.29. The molecule has 1 rings (SSSR count). The first-order valence-corrected chi connectivity index (χ1v) is 7.01. The van der Waals surface area contributed by atoms with Gasteiger partial charge in [-0.25, -0.2) is 0 Å². The van der Waals surface area contributed by atoms with Gasteiger partial charge in [0.2, 0.25) is 0 Å². The Balaban J connectivity index is 3.18. The van der Waals surface area contributed by atoms with Gasteiger partial charge in [0, 0.05) is 16.7 Å². The highest BCUT2D eigenvalue weighted by Crippen LogP contribution is 2.46. The summed E-state index contributed by atoms with van der Waals surface area (Å²) < 4.78 is 85.6. The molecule has 0 aliphatic heterocycles. The zero-order valence-electron chi connectivity index (χ0n) is 12.3. The van der Waals surface area contributed by atoms with E-state index in [1.807, 2.05) is 0 Å². The van der Waals surface area contributed by atoms with Gasteiger partial charge in [0.1, 0.15) is 0 Å². The van der Waals surface area contributed by atoms with Gasteiger partial charge in [0.15, 0.2) is 11.5 Å². The molecule has 1 atom stereocenters. The van der Waals surface area contributed by atoms with E-state index in [0.717, 1.165) is 19.2 Å². The second-order valence-electron chi connectivity index (χ2n) is 4.74. The monoisotopic (exact) mass is 364 g/mol. The molecule has 1 aromatic rings. The minimum atomic E-state index is -4.55. The summed E-state index contributed by atoms with van der Waals surface area (Å²) in [7, 11) is 1.12. The SMILES string of the molecule is CCC(c1cc(Cl)cc(OCCC(F)(F)F)c1OC)C(F)(F)F. The van der Waals surface area contributed by atoms with Crippen LogP contribution in [0.2, 0.25) is 5.02 Å². The van der Waals surface area contributed by atoms with Crippen LogP contribution < -0.4 is 9.47 Å². The van der Waals surface area contributed by atoms with Crippen molar-refractivity contribution in [3.8, 4) is 11.5 Å². The molecular formula is C14H15ClF6O2. The molecule has 0 aliphatic rings. The molecule has 9 heteroatoms. The van der Waals surface area contributed by atoms with Crippen molar-refractivity contribution in [1.29, 1.82) is 0 Å². The van der Waals surface area contributed by atoms with E-state index < -0.39 is 31.3 Å². The molecule has 0 N–H and O–H groups in total. The van der Waals surface area contributed by atoms with E-state index in [1.165, 1.54) is 6.92 Å². The van der Waals surface area contributed by atoms with Gasteiger partial charge < -0.3 is 9.47 Å². The first-order chi connectivity index (χ1) is 10.5. The topological polar surface area (TPSA) is 18.5 Å². The molecule has 1 unspecified atom stereocenters. The maximum Gasteiger partial charge on any atom is 0.395 e. The molecule has 0 bridgehead atoms. The van der Waals surface area contributed by atoms with Crippen LogP contribution in [0.15, 0.2) is 12.1 Å². The molecule has 0 saturated carbocycles. The molecule has 1 aromatic carbocycles. The molecule has 132 valence electrons. The molecule has 0 fully saturated rings. The Labute approximate surface area is 134 Å². The normalized spacial score (nSPS) is 13.8. The highest BCUT2D eigenvalue weighted by Gasteiger charge is 2.41. The van der Waals surface area contributed by atoms with Gasteiger partial charge in [-0.1, -0.05) is 18.5 Å². The highest BCUT2D eigenvalue weighted by atomic mass is 35.5. The smallest absolute Gasteiger partial charge is 0.395 e. The average molecular weight is 365 g/mol. The van der Waals surface area contributed by atoms with Crippen molar-refractivity contribution in [3.63, 3.8) is 0 Å². The minimum Gasteiger partial charge on any atom is -0.493 e. The van der Waals surface area contributed by atoms with Crippen molar-refractivity contribution >= 4 is 11.6 Å². The lowest BCUT2D eigenvalue weighted by atomic mass is 9.94. The number of hydrogen-bond acceptors (Lipinski definition) is 2. The third kappa shape index (κ3) is 5.67. The van der Waals surface area contributed by atoms with Crippen LogP contribution in [0.4, 0.5) is 26.3 Å². The van der Waals surface area contributed by atoms with Gasteiger partial charge in [-0.3, -0.25) is 0 Å². The van der Waals surface area contributed by atoms with E-state index in [9.17, 15) is 26.3 Å². The maximum absolute atomic E-state index is 13.1. The van der Waals surface area contributed by atoms with Gasteiger partial charge in [-0.2, -0.15) is 26.3 Å². The molecule has 2 nitrogen and oxygen atoms in total. The van der Waals surface area contributed by atoms with E-state index in [2.05, 4.69) is 0 Å². The molecule has 0 saturated heterocycles. The molecule has 0 radical (unpaired) electrons. The second-order valence-corrected chi connectivity index (χ2v) is 5.18. The van der Waals surface area contributed by atoms with E-state index in [0.29, 0.717) is 0 Å². The van der Waals surface area contributed by atoms with Gasteiger partial charge in [0.05, 0.1) is 26.1 Å². The summed E-state index contributed by atoms with van der Waals surface area (Å²) in [4.78, 5) is 0. The summed E-state index contributed by atoms with van der Waals surface area (Å²) in [5.74, 6) is -2.37. The molecule has 23 heavy (non-hydrogen) atoms. The zero-order valence-corrected chi connectivity index (χ0v) is 13.1. The van der Waals surface area contributed by atoms with Crippen LogP contribution in [0, 0.1) is 0 Å². The Bertz CT molecular complexity index is 527. The first kappa shape index (κ1) is 19.7. The fourth-order valence-corrected chi connectivity index (χ4v) is 2.29. The largest absolute Gasteiger partial charge is 0.493 e. The average Bonchev–Trinajstić information content (AvgIpc) is 2.36. The number of rotatable bonds is 6. The zero-order chi connectivity index (χ0) is 17.8. The molecule has 0 heterocycles. The Morgan fingerprint density at radius 1 is 1.13 bits per heavy atom. The van der Waals surface area contributed by atoms with Crippen molar-refractivity contribution in [3.05, 3.63) is 22.7 Å². The van der Waals surface area contributed by atoms with E-state index in [4.69, 9.17) is 21.1 Å². The van der Waals surface area contributed by atoms with E-state index >= 15 is 0 Å². The molecule has 0 spiro atoms.